The summed E-state index contributed by atoms with van der Waals surface area (Å²) < 4.78 is 1.07. The van der Waals surface area contributed by atoms with E-state index in [1.54, 1.807) is 0 Å². The van der Waals surface area contributed by atoms with Crippen LogP contribution in [0.1, 0.15) is 5.56 Å². The zero-order chi connectivity index (χ0) is 10.3. The maximum atomic E-state index is 11.1. The van der Waals surface area contributed by atoms with Gasteiger partial charge in [-0.2, -0.15) is 0 Å². The Kier molecular flexibility index (Phi) is 2.22. The van der Waals surface area contributed by atoms with E-state index in [1.807, 2.05) is 19.1 Å². The molecule has 0 atom stereocenters. The van der Waals surface area contributed by atoms with Gasteiger partial charge in [-0.05, 0) is 47.2 Å². The van der Waals surface area contributed by atoms with E-state index in [9.17, 15) is 9.90 Å². The fourth-order valence-corrected chi connectivity index (χ4v) is 1.83. The smallest absolute Gasteiger partial charge is 0.252 e. The standard InChI is InChI=1S/C10H8INO2/c1-5-2-8-6(3-7(5)11)9(13)4-10(14)12-8/h2-4H,1H3,(H2,12,13,14). The first-order valence-electron chi connectivity index (χ1n) is 4.10. The lowest BCUT2D eigenvalue weighted by molar-refractivity contribution is 0.480. The van der Waals surface area contributed by atoms with E-state index in [1.165, 1.54) is 6.07 Å². The van der Waals surface area contributed by atoms with Crippen LogP contribution in [0.3, 0.4) is 0 Å². The van der Waals surface area contributed by atoms with E-state index in [4.69, 9.17) is 0 Å². The number of hydrogen-bond donors (Lipinski definition) is 2. The molecule has 0 bridgehead atoms. The average molecular weight is 301 g/mol. The molecule has 0 saturated heterocycles. The molecule has 4 heteroatoms. The Hall–Kier alpha value is -1.04. The summed E-state index contributed by atoms with van der Waals surface area (Å²) in [5.41, 5.74) is 1.47. The normalized spacial score (nSPS) is 10.7. The molecule has 14 heavy (non-hydrogen) atoms. The van der Waals surface area contributed by atoms with Crippen LogP contribution in [0, 0.1) is 10.5 Å². The quantitative estimate of drug-likeness (QED) is 0.733. The van der Waals surface area contributed by atoms with E-state index < -0.39 is 0 Å². The van der Waals surface area contributed by atoms with Gasteiger partial charge in [-0.15, -0.1) is 0 Å². The highest BCUT2D eigenvalue weighted by Gasteiger charge is 2.04. The van der Waals surface area contributed by atoms with Gasteiger partial charge in [-0.25, -0.2) is 0 Å². The molecule has 2 N–H and O–H groups in total. The summed E-state index contributed by atoms with van der Waals surface area (Å²) in [7, 11) is 0. The predicted octanol–water partition coefficient (Wildman–Crippen LogP) is 2.15. The van der Waals surface area contributed by atoms with Crippen molar-refractivity contribution in [1.29, 1.82) is 0 Å². The molecule has 1 heterocycles. The highest BCUT2D eigenvalue weighted by molar-refractivity contribution is 14.1. The van der Waals surface area contributed by atoms with Crippen LogP contribution in [0.15, 0.2) is 23.0 Å². The molecule has 1 aromatic heterocycles. The van der Waals surface area contributed by atoms with Crippen molar-refractivity contribution in [3.63, 3.8) is 0 Å². The number of rotatable bonds is 0. The van der Waals surface area contributed by atoms with E-state index in [0.717, 1.165) is 9.13 Å². The zero-order valence-corrected chi connectivity index (χ0v) is 9.62. The van der Waals surface area contributed by atoms with Gasteiger partial charge in [0.05, 0.1) is 5.52 Å². The topological polar surface area (TPSA) is 53.1 Å². The van der Waals surface area contributed by atoms with Gasteiger partial charge in [0.15, 0.2) is 0 Å². The third-order valence-corrected chi connectivity index (χ3v) is 3.26. The minimum absolute atomic E-state index is 0.0293. The molecule has 0 spiro atoms. The molecule has 72 valence electrons. The Bertz CT molecular complexity index is 560. The monoisotopic (exact) mass is 301 g/mol. The molecular formula is C10H8INO2. The number of aromatic amines is 1. The van der Waals surface area contributed by atoms with Crippen LogP contribution in [-0.2, 0) is 0 Å². The molecule has 0 aliphatic carbocycles. The minimum atomic E-state index is -0.282. The lowest BCUT2D eigenvalue weighted by Gasteiger charge is -2.03. The van der Waals surface area contributed by atoms with Crippen molar-refractivity contribution in [3.8, 4) is 5.75 Å². The van der Waals surface area contributed by atoms with Crippen LogP contribution >= 0.6 is 22.6 Å². The van der Waals surface area contributed by atoms with E-state index in [2.05, 4.69) is 27.6 Å². The van der Waals surface area contributed by atoms with Crippen molar-refractivity contribution < 1.29 is 5.11 Å². The number of halogens is 1. The first kappa shape index (κ1) is 9.51. The van der Waals surface area contributed by atoms with Crippen LogP contribution in [0.2, 0.25) is 0 Å². The van der Waals surface area contributed by atoms with E-state index >= 15 is 0 Å². The summed E-state index contributed by atoms with van der Waals surface area (Å²) in [6, 6.07) is 4.91. The number of nitrogens with one attached hydrogen (secondary N) is 1. The molecule has 0 aliphatic rings. The second-order valence-corrected chi connectivity index (χ2v) is 4.33. The third-order valence-electron chi connectivity index (χ3n) is 2.10. The Morgan fingerprint density at radius 3 is 2.79 bits per heavy atom. The predicted molar refractivity (Wildman–Crippen MR) is 63.7 cm³/mol. The minimum Gasteiger partial charge on any atom is -0.507 e. The van der Waals surface area contributed by atoms with Crippen LogP contribution in [0.25, 0.3) is 10.9 Å². The highest BCUT2D eigenvalue weighted by Crippen LogP contribution is 2.24. The molecule has 1 aromatic carbocycles. The lowest BCUT2D eigenvalue weighted by Crippen LogP contribution is -2.03. The van der Waals surface area contributed by atoms with Crippen molar-refractivity contribution in [2.24, 2.45) is 0 Å². The number of fused-ring (bicyclic) bond motifs is 1. The number of pyridine rings is 1. The van der Waals surface area contributed by atoms with Crippen LogP contribution in [-0.4, -0.2) is 10.1 Å². The first-order chi connectivity index (χ1) is 6.58. The SMILES string of the molecule is Cc1cc2[nH]c(=O)cc(O)c2cc1I. The fraction of sp³-hybridized carbons (Fsp3) is 0.100. The van der Waals surface area contributed by atoms with Crippen molar-refractivity contribution in [3.05, 3.63) is 37.7 Å². The highest BCUT2D eigenvalue weighted by atomic mass is 127. The maximum Gasteiger partial charge on any atom is 0.252 e. The Balaban J connectivity index is 2.96. The maximum absolute atomic E-state index is 11.1. The summed E-state index contributed by atoms with van der Waals surface area (Å²) >= 11 is 2.19. The molecule has 0 saturated carbocycles. The Morgan fingerprint density at radius 2 is 2.07 bits per heavy atom. The number of H-pyrrole nitrogens is 1. The largest absolute Gasteiger partial charge is 0.507 e. The Morgan fingerprint density at radius 1 is 1.36 bits per heavy atom. The molecule has 0 radical (unpaired) electrons. The summed E-state index contributed by atoms with van der Waals surface area (Å²) in [6.07, 6.45) is 0. The zero-order valence-electron chi connectivity index (χ0n) is 7.47. The molecule has 3 nitrogen and oxygen atoms in total. The number of hydrogen-bond acceptors (Lipinski definition) is 2. The van der Waals surface area contributed by atoms with Gasteiger partial charge in [0.1, 0.15) is 5.75 Å². The van der Waals surface area contributed by atoms with Gasteiger partial charge in [0, 0.05) is 15.0 Å². The van der Waals surface area contributed by atoms with Crippen LogP contribution < -0.4 is 5.56 Å². The molecule has 0 fully saturated rings. The third kappa shape index (κ3) is 1.50. The molecular weight excluding hydrogens is 293 g/mol. The van der Waals surface area contributed by atoms with Crippen molar-refractivity contribution in [2.45, 2.75) is 6.92 Å². The lowest BCUT2D eigenvalue weighted by atomic mass is 10.1. The van der Waals surface area contributed by atoms with Crippen molar-refractivity contribution in [1.82, 2.24) is 4.98 Å². The molecule has 0 unspecified atom stereocenters. The number of benzene rings is 1. The van der Waals surface area contributed by atoms with Crippen molar-refractivity contribution >= 4 is 33.5 Å². The molecule has 0 amide bonds. The molecule has 2 rings (SSSR count). The van der Waals surface area contributed by atoms with Crippen LogP contribution in [0.5, 0.6) is 5.75 Å². The van der Waals surface area contributed by atoms with Gasteiger partial charge in [0.25, 0.3) is 5.56 Å². The summed E-state index contributed by atoms with van der Waals surface area (Å²) in [5, 5.41) is 10.2. The molecule has 0 aliphatic heterocycles. The second-order valence-electron chi connectivity index (χ2n) is 3.17. The van der Waals surface area contributed by atoms with Gasteiger partial charge in [0.2, 0.25) is 0 Å². The number of aromatic nitrogens is 1. The number of aryl methyl sites for hydroxylation is 1. The number of aromatic hydroxyl groups is 1. The summed E-state index contributed by atoms with van der Waals surface area (Å²) in [6.45, 7) is 1.96. The summed E-state index contributed by atoms with van der Waals surface area (Å²) in [5.74, 6) is 0.0293. The van der Waals surface area contributed by atoms with E-state index in [0.29, 0.717) is 10.9 Å². The second kappa shape index (κ2) is 3.27. The first-order valence-corrected chi connectivity index (χ1v) is 5.18. The van der Waals surface area contributed by atoms with Gasteiger partial charge >= 0.3 is 0 Å². The van der Waals surface area contributed by atoms with Gasteiger partial charge < -0.3 is 10.1 Å². The van der Waals surface area contributed by atoms with Gasteiger partial charge in [-0.3, -0.25) is 4.79 Å². The van der Waals surface area contributed by atoms with E-state index in [-0.39, 0.29) is 11.3 Å². The Labute approximate surface area is 93.9 Å². The van der Waals surface area contributed by atoms with Crippen LogP contribution in [0.4, 0.5) is 0 Å². The fourth-order valence-electron chi connectivity index (χ4n) is 1.37. The average Bonchev–Trinajstić information content (AvgIpc) is 2.08. The molecule has 2 aromatic rings. The summed E-state index contributed by atoms with van der Waals surface area (Å²) in [4.78, 5) is 13.8. The van der Waals surface area contributed by atoms with Gasteiger partial charge in [-0.1, -0.05) is 0 Å². The van der Waals surface area contributed by atoms with Crippen molar-refractivity contribution in [2.75, 3.05) is 0 Å².